The third-order valence-corrected chi connectivity index (χ3v) is 4.40. The summed E-state index contributed by atoms with van der Waals surface area (Å²) in [6, 6.07) is 6.73. The van der Waals surface area contributed by atoms with E-state index in [1.54, 1.807) is 24.3 Å². The largest absolute Gasteiger partial charge is 0.294 e. The van der Waals surface area contributed by atoms with Gasteiger partial charge in [0.1, 0.15) is 5.25 Å². The third-order valence-electron chi connectivity index (χ3n) is 2.58. The van der Waals surface area contributed by atoms with Crippen LogP contribution in [0.4, 0.5) is 0 Å². The van der Waals surface area contributed by atoms with E-state index in [0.717, 1.165) is 0 Å². The number of hydrogen-bond acceptors (Lipinski definition) is 3. The standard InChI is InChI=1S/C10H9ClO3S/c11-15(13,14)10-6-5-9(12)7-3-1-2-4-8(7)10/h1-4,10H,5-6H2. The van der Waals surface area contributed by atoms with Gasteiger partial charge in [-0.3, -0.25) is 4.79 Å². The van der Waals surface area contributed by atoms with Crippen molar-refractivity contribution in [1.82, 2.24) is 0 Å². The summed E-state index contributed by atoms with van der Waals surface area (Å²) in [6.45, 7) is 0. The molecule has 1 unspecified atom stereocenters. The Balaban J connectivity index is 2.59. The molecule has 0 fully saturated rings. The van der Waals surface area contributed by atoms with Crippen molar-refractivity contribution < 1.29 is 13.2 Å². The fourth-order valence-corrected chi connectivity index (χ4v) is 3.34. The first-order valence-electron chi connectivity index (χ1n) is 4.56. The summed E-state index contributed by atoms with van der Waals surface area (Å²) in [6.07, 6.45) is 0.523. The lowest BCUT2D eigenvalue weighted by atomic mass is 9.90. The smallest absolute Gasteiger partial charge is 0.239 e. The number of ketones is 1. The molecule has 1 atom stereocenters. The van der Waals surface area contributed by atoms with E-state index in [-0.39, 0.29) is 18.6 Å². The van der Waals surface area contributed by atoms with Crippen LogP contribution in [0, 0.1) is 0 Å². The van der Waals surface area contributed by atoms with Gasteiger partial charge < -0.3 is 0 Å². The van der Waals surface area contributed by atoms with Crippen molar-refractivity contribution >= 4 is 25.5 Å². The van der Waals surface area contributed by atoms with Gasteiger partial charge in [-0.2, -0.15) is 0 Å². The quantitative estimate of drug-likeness (QED) is 0.712. The molecule has 0 saturated carbocycles. The molecule has 0 radical (unpaired) electrons. The molecular formula is C10H9ClO3S. The minimum atomic E-state index is -3.64. The molecule has 0 aromatic heterocycles. The second kappa shape index (κ2) is 3.61. The average Bonchev–Trinajstić information content (AvgIpc) is 2.17. The van der Waals surface area contributed by atoms with Crippen LogP contribution < -0.4 is 0 Å². The highest BCUT2D eigenvalue weighted by molar-refractivity contribution is 8.13. The minimum Gasteiger partial charge on any atom is -0.294 e. The first-order chi connectivity index (χ1) is 7.00. The SMILES string of the molecule is O=C1CCC(S(=O)(=O)Cl)c2ccccc21. The molecule has 3 nitrogen and oxygen atoms in total. The molecule has 0 aliphatic heterocycles. The molecule has 1 aromatic carbocycles. The predicted molar refractivity (Wildman–Crippen MR) is 57.5 cm³/mol. The van der Waals surface area contributed by atoms with Crippen molar-refractivity contribution in [2.45, 2.75) is 18.1 Å². The van der Waals surface area contributed by atoms with Crippen LogP contribution in [0.2, 0.25) is 0 Å². The Hall–Kier alpha value is -0.870. The highest BCUT2D eigenvalue weighted by atomic mass is 35.7. The highest BCUT2D eigenvalue weighted by Gasteiger charge is 2.33. The molecule has 0 saturated heterocycles. The first-order valence-corrected chi connectivity index (χ1v) is 6.93. The summed E-state index contributed by atoms with van der Waals surface area (Å²) in [4.78, 5) is 11.5. The van der Waals surface area contributed by atoms with E-state index in [9.17, 15) is 13.2 Å². The number of Topliss-reactive ketones (excluding diaryl/α,β-unsaturated/α-hetero) is 1. The Kier molecular flexibility index (Phi) is 2.56. The van der Waals surface area contributed by atoms with Crippen LogP contribution in [-0.2, 0) is 9.05 Å². The zero-order chi connectivity index (χ0) is 11.1. The van der Waals surface area contributed by atoms with E-state index in [1.807, 2.05) is 0 Å². The van der Waals surface area contributed by atoms with Gasteiger partial charge in [0.2, 0.25) is 9.05 Å². The topological polar surface area (TPSA) is 51.2 Å². The van der Waals surface area contributed by atoms with Gasteiger partial charge in [0.05, 0.1) is 0 Å². The number of hydrogen-bond donors (Lipinski definition) is 0. The lowest BCUT2D eigenvalue weighted by molar-refractivity contribution is 0.0971. The summed E-state index contributed by atoms with van der Waals surface area (Å²) >= 11 is 0. The zero-order valence-electron chi connectivity index (χ0n) is 7.81. The van der Waals surface area contributed by atoms with Gasteiger partial charge in [-0.25, -0.2) is 8.42 Å². The Morgan fingerprint density at radius 3 is 2.60 bits per heavy atom. The van der Waals surface area contributed by atoms with Crippen LogP contribution in [0.1, 0.15) is 34.0 Å². The molecule has 1 aliphatic carbocycles. The van der Waals surface area contributed by atoms with Gasteiger partial charge >= 0.3 is 0 Å². The Bertz CT molecular complexity index is 507. The van der Waals surface area contributed by atoms with E-state index < -0.39 is 14.3 Å². The van der Waals surface area contributed by atoms with Crippen molar-refractivity contribution in [2.24, 2.45) is 0 Å². The van der Waals surface area contributed by atoms with E-state index in [1.165, 1.54) is 0 Å². The molecule has 0 heterocycles. The Labute approximate surface area is 92.5 Å². The molecule has 0 spiro atoms. The van der Waals surface area contributed by atoms with Gasteiger partial charge in [0.15, 0.2) is 5.78 Å². The van der Waals surface area contributed by atoms with Crippen LogP contribution in [0.5, 0.6) is 0 Å². The summed E-state index contributed by atoms with van der Waals surface area (Å²) in [5, 5.41) is -0.743. The molecule has 0 amide bonds. The van der Waals surface area contributed by atoms with Crippen LogP contribution in [0.3, 0.4) is 0 Å². The minimum absolute atomic E-state index is 0.0119. The monoisotopic (exact) mass is 244 g/mol. The van der Waals surface area contributed by atoms with Gasteiger partial charge in [-0.15, -0.1) is 0 Å². The second-order valence-electron chi connectivity index (χ2n) is 3.51. The molecule has 0 bridgehead atoms. The molecule has 15 heavy (non-hydrogen) atoms. The number of fused-ring (bicyclic) bond motifs is 1. The fraction of sp³-hybridized carbons (Fsp3) is 0.300. The molecule has 80 valence electrons. The third kappa shape index (κ3) is 1.92. The van der Waals surface area contributed by atoms with E-state index in [4.69, 9.17) is 10.7 Å². The first kappa shape index (κ1) is 10.6. The summed E-state index contributed by atoms with van der Waals surface area (Å²) in [5.41, 5.74) is 1.02. The van der Waals surface area contributed by atoms with Crippen LogP contribution in [0.15, 0.2) is 24.3 Å². The Morgan fingerprint density at radius 2 is 1.93 bits per heavy atom. The predicted octanol–water partition coefficient (Wildman–Crippen LogP) is 2.27. The maximum Gasteiger partial charge on any atom is 0.239 e. The lowest BCUT2D eigenvalue weighted by Crippen LogP contribution is -2.19. The maximum absolute atomic E-state index is 11.5. The molecule has 5 heteroatoms. The fourth-order valence-electron chi connectivity index (χ4n) is 1.88. The van der Waals surface area contributed by atoms with Crippen molar-refractivity contribution in [1.29, 1.82) is 0 Å². The zero-order valence-corrected chi connectivity index (χ0v) is 9.38. The van der Waals surface area contributed by atoms with E-state index in [2.05, 4.69) is 0 Å². The van der Waals surface area contributed by atoms with Crippen LogP contribution >= 0.6 is 10.7 Å². The summed E-state index contributed by atoms with van der Waals surface area (Å²) in [5.74, 6) is -0.0119. The van der Waals surface area contributed by atoms with Gasteiger partial charge in [0, 0.05) is 22.7 Å². The Morgan fingerprint density at radius 1 is 1.27 bits per heavy atom. The normalized spacial score (nSPS) is 21.1. The number of carbonyl (C=O) groups is 1. The highest BCUT2D eigenvalue weighted by Crippen LogP contribution is 2.37. The lowest BCUT2D eigenvalue weighted by Gasteiger charge is -2.21. The molecule has 2 rings (SSSR count). The van der Waals surface area contributed by atoms with Crippen LogP contribution in [-0.4, -0.2) is 14.2 Å². The van der Waals surface area contributed by atoms with Crippen LogP contribution in [0.25, 0.3) is 0 Å². The number of benzene rings is 1. The number of rotatable bonds is 1. The van der Waals surface area contributed by atoms with Crippen molar-refractivity contribution in [3.63, 3.8) is 0 Å². The number of halogens is 1. The number of carbonyl (C=O) groups excluding carboxylic acids is 1. The average molecular weight is 245 g/mol. The molecule has 1 aromatic rings. The van der Waals surface area contributed by atoms with E-state index in [0.29, 0.717) is 11.1 Å². The molecule has 1 aliphatic rings. The summed E-state index contributed by atoms with van der Waals surface area (Å²) < 4.78 is 22.6. The van der Waals surface area contributed by atoms with Crippen molar-refractivity contribution in [2.75, 3.05) is 0 Å². The van der Waals surface area contributed by atoms with Crippen molar-refractivity contribution in [3.05, 3.63) is 35.4 Å². The maximum atomic E-state index is 11.5. The van der Waals surface area contributed by atoms with Gasteiger partial charge in [0.25, 0.3) is 0 Å². The molecule has 0 N–H and O–H groups in total. The molecular weight excluding hydrogens is 236 g/mol. The second-order valence-corrected chi connectivity index (χ2v) is 6.32. The van der Waals surface area contributed by atoms with E-state index >= 15 is 0 Å². The van der Waals surface area contributed by atoms with Gasteiger partial charge in [-0.05, 0) is 12.0 Å². The van der Waals surface area contributed by atoms with Gasteiger partial charge in [-0.1, -0.05) is 24.3 Å². The van der Waals surface area contributed by atoms with Crippen molar-refractivity contribution in [3.8, 4) is 0 Å². The summed E-state index contributed by atoms with van der Waals surface area (Å²) in [7, 11) is 1.71.